The van der Waals surface area contributed by atoms with E-state index < -0.39 is 11.2 Å². The predicted octanol–water partition coefficient (Wildman–Crippen LogP) is 1.77. The number of fused-ring (bicyclic) bond motifs is 1. The molecule has 0 saturated carbocycles. The molecule has 3 rings (SSSR count). The molecule has 0 spiro atoms. The number of benzene rings is 1. The monoisotopic (exact) mass is 360 g/mol. The van der Waals surface area contributed by atoms with Crippen LogP contribution in [0, 0.1) is 0 Å². The second-order valence-electron chi connectivity index (χ2n) is 5.15. The number of carbonyl (C=O) groups is 1. The number of carbonyl (C=O) groups excluding carboxylic acids is 1. The van der Waals surface area contributed by atoms with Gasteiger partial charge in [0.2, 0.25) is 0 Å². The van der Waals surface area contributed by atoms with Crippen molar-refractivity contribution in [3.8, 4) is 11.4 Å². The van der Waals surface area contributed by atoms with E-state index in [2.05, 4.69) is 15.1 Å². The SMILES string of the molecule is COC(=O)C(C)Sc1nc2c(cnn2-c2cccc(OC)c2)c(=O)[nH]1. The maximum Gasteiger partial charge on any atom is 0.318 e. The topological polar surface area (TPSA) is 99.1 Å². The zero-order chi connectivity index (χ0) is 18.0. The molecule has 9 heteroatoms. The van der Waals surface area contributed by atoms with Gasteiger partial charge in [-0.25, -0.2) is 9.67 Å². The number of hydrogen-bond acceptors (Lipinski definition) is 7. The van der Waals surface area contributed by atoms with E-state index in [0.29, 0.717) is 27.6 Å². The number of aromatic nitrogens is 4. The lowest BCUT2D eigenvalue weighted by Gasteiger charge is -2.09. The molecule has 2 aromatic heterocycles. The fourth-order valence-corrected chi connectivity index (χ4v) is 3.08. The van der Waals surface area contributed by atoms with E-state index in [-0.39, 0.29) is 5.56 Å². The normalized spacial score (nSPS) is 12.1. The molecule has 1 unspecified atom stereocenters. The van der Waals surface area contributed by atoms with Crippen LogP contribution in [0.5, 0.6) is 5.75 Å². The van der Waals surface area contributed by atoms with E-state index in [9.17, 15) is 9.59 Å². The van der Waals surface area contributed by atoms with Crippen LogP contribution < -0.4 is 10.3 Å². The Morgan fingerprint density at radius 3 is 2.88 bits per heavy atom. The summed E-state index contributed by atoms with van der Waals surface area (Å²) in [4.78, 5) is 31.0. The molecular weight excluding hydrogens is 344 g/mol. The molecule has 0 fully saturated rings. The largest absolute Gasteiger partial charge is 0.497 e. The number of rotatable bonds is 5. The third-order valence-electron chi connectivity index (χ3n) is 3.54. The summed E-state index contributed by atoms with van der Waals surface area (Å²) in [6.45, 7) is 1.68. The van der Waals surface area contributed by atoms with E-state index in [4.69, 9.17) is 9.47 Å². The number of hydrogen-bond donors (Lipinski definition) is 1. The molecule has 0 aliphatic heterocycles. The van der Waals surface area contributed by atoms with Crippen molar-refractivity contribution < 1.29 is 14.3 Å². The van der Waals surface area contributed by atoms with Crippen molar-refractivity contribution in [2.45, 2.75) is 17.3 Å². The Kier molecular flexibility index (Phi) is 4.75. The van der Waals surface area contributed by atoms with Crippen LogP contribution in [0.2, 0.25) is 0 Å². The average molecular weight is 360 g/mol. The maximum atomic E-state index is 12.3. The number of esters is 1. The van der Waals surface area contributed by atoms with E-state index in [1.165, 1.54) is 13.3 Å². The highest BCUT2D eigenvalue weighted by Crippen LogP contribution is 2.23. The van der Waals surface area contributed by atoms with Gasteiger partial charge in [0, 0.05) is 6.07 Å². The summed E-state index contributed by atoms with van der Waals surface area (Å²) in [5, 5.41) is 4.43. The highest BCUT2D eigenvalue weighted by molar-refractivity contribution is 8.00. The summed E-state index contributed by atoms with van der Waals surface area (Å²) in [5.41, 5.74) is 0.791. The van der Waals surface area contributed by atoms with Gasteiger partial charge in [0.05, 0.1) is 26.1 Å². The first kappa shape index (κ1) is 17.0. The summed E-state index contributed by atoms with van der Waals surface area (Å²) in [5.74, 6) is 0.272. The standard InChI is InChI=1S/C16H16N4O4S/c1-9(15(22)24-3)25-16-18-13-12(14(21)19-16)8-17-20(13)10-5-4-6-11(7-10)23-2/h4-9H,1-3H3,(H,18,19,21). The summed E-state index contributed by atoms with van der Waals surface area (Å²) < 4.78 is 11.5. The maximum absolute atomic E-state index is 12.3. The summed E-state index contributed by atoms with van der Waals surface area (Å²) in [7, 11) is 2.89. The zero-order valence-corrected chi connectivity index (χ0v) is 14.7. The molecule has 1 N–H and O–H groups in total. The number of aromatic amines is 1. The molecule has 25 heavy (non-hydrogen) atoms. The first-order valence-electron chi connectivity index (χ1n) is 7.40. The van der Waals surface area contributed by atoms with Gasteiger partial charge in [0.25, 0.3) is 5.56 Å². The highest BCUT2D eigenvalue weighted by Gasteiger charge is 2.18. The van der Waals surface area contributed by atoms with Crippen molar-refractivity contribution in [1.29, 1.82) is 0 Å². The van der Waals surface area contributed by atoms with E-state index >= 15 is 0 Å². The van der Waals surface area contributed by atoms with Crippen LogP contribution in [0.4, 0.5) is 0 Å². The lowest BCUT2D eigenvalue weighted by molar-refractivity contribution is -0.139. The molecule has 2 heterocycles. The van der Waals surface area contributed by atoms with E-state index in [1.54, 1.807) is 24.8 Å². The molecule has 0 aliphatic carbocycles. The van der Waals surface area contributed by atoms with Gasteiger partial charge in [-0.05, 0) is 19.1 Å². The Labute approximate surface area is 147 Å². The van der Waals surface area contributed by atoms with Gasteiger partial charge in [0.15, 0.2) is 10.8 Å². The van der Waals surface area contributed by atoms with Crippen LogP contribution in [0.25, 0.3) is 16.7 Å². The van der Waals surface area contributed by atoms with Gasteiger partial charge in [-0.1, -0.05) is 17.8 Å². The number of H-pyrrole nitrogens is 1. The smallest absolute Gasteiger partial charge is 0.318 e. The van der Waals surface area contributed by atoms with Gasteiger partial charge in [-0.3, -0.25) is 9.59 Å². The summed E-state index contributed by atoms with van der Waals surface area (Å²) in [6.07, 6.45) is 1.46. The molecule has 3 aromatic rings. The molecule has 0 radical (unpaired) electrons. The second kappa shape index (κ2) is 6.98. The highest BCUT2D eigenvalue weighted by atomic mass is 32.2. The molecule has 0 amide bonds. The summed E-state index contributed by atoms with van der Waals surface area (Å²) in [6, 6.07) is 7.26. The van der Waals surface area contributed by atoms with Crippen LogP contribution in [-0.4, -0.2) is 45.2 Å². The Morgan fingerprint density at radius 2 is 2.16 bits per heavy atom. The molecule has 1 atom stereocenters. The number of thioether (sulfide) groups is 1. The minimum Gasteiger partial charge on any atom is -0.497 e. The molecule has 8 nitrogen and oxygen atoms in total. The Bertz CT molecular complexity index is 982. The van der Waals surface area contributed by atoms with Gasteiger partial charge >= 0.3 is 5.97 Å². The van der Waals surface area contributed by atoms with Gasteiger partial charge < -0.3 is 14.5 Å². The number of nitrogens with zero attached hydrogens (tertiary/aromatic N) is 3. The van der Waals surface area contributed by atoms with Crippen molar-refractivity contribution in [1.82, 2.24) is 19.7 Å². The van der Waals surface area contributed by atoms with E-state index in [0.717, 1.165) is 11.8 Å². The second-order valence-corrected chi connectivity index (χ2v) is 6.48. The molecule has 0 bridgehead atoms. The van der Waals surface area contributed by atoms with Crippen molar-refractivity contribution in [2.24, 2.45) is 0 Å². The lowest BCUT2D eigenvalue weighted by Crippen LogP contribution is -2.17. The first-order chi connectivity index (χ1) is 12.0. The van der Waals surface area contributed by atoms with Crippen molar-refractivity contribution in [3.05, 3.63) is 40.8 Å². The van der Waals surface area contributed by atoms with Crippen LogP contribution in [0.1, 0.15) is 6.92 Å². The minimum absolute atomic E-state index is 0.319. The number of nitrogens with one attached hydrogen (secondary N) is 1. The van der Waals surface area contributed by atoms with Gasteiger partial charge in [-0.2, -0.15) is 5.10 Å². The average Bonchev–Trinajstić information content (AvgIpc) is 3.05. The lowest BCUT2D eigenvalue weighted by atomic mass is 10.3. The van der Waals surface area contributed by atoms with Crippen molar-refractivity contribution >= 4 is 28.8 Å². The van der Waals surface area contributed by atoms with E-state index in [1.807, 2.05) is 18.2 Å². The first-order valence-corrected chi connectivity index (χ1v) is 8.28. The fourth-order valence-electron chi connectivity index (χ4n) is 2.27. The zero-order valence-electron chi connectivity index (χ0n) is 13.8. The van der Waals surface area contributed by atoms with Crippen LogP contribution in [0.3, 0.4) is 0 Å². The quantitative estimate of drug-likeness (QED) is 0.420. The predicted molar refractivity (Wildman–Crippen MR) is 93.4 cm³/mol. The van der Waals surface area contributed by atoms with Crippen LogP contribution in [-0.2, 0) is 9.53 Å². The van der Waals surface area contributed by atoms with Crippen molar-refractivity contribution in [3.63, 3.8) is 0 Å². The third-order valence-corrected chi connectivity index (χ3v) is 4.50. The molecule has 0 saturated heterocycles. The van der Waals surface area contributed by atoms with Gasteiger partial charge in [-0.15, -0.1) is 0 Å². The molecule has 130 valence electrons. The molecular formula is C16H16N4O4S. The minimum atomic E-state index is -0.501. The number of methoxy groups -OCH3 is 2. The summed E-state index contributed by atoms with van der Waals surface area (Å²) >= 11 is 1.11. The Morgan fingerprint density at radius 1 is 1.36 bits per heavy atom. The third kappa shape index (κ3) is 3.36. The Hall–Kier alpha value is -2.81. The van der Waals surface area contributed by atoms with Gasteiger partial charge in [0.1, 0.15) is 16.4 Å². The van der Waals surface area contributed by atoms with Crippen LogP contribution >= 0.6 is 11.8 Å². The number of ether oxygens (including phenoxy) is 2. The molecule has 0 aliphatic rings. The van der Waals surface area contributed by atoms with Crippen molar-refractivity contribution in [2.75, 3.05) is 14.2 Å². The Balaban J connectivity index is 2.07. The molecule has 1 aromatic carbocycles. The fraction of sp³-hybridized carbons (Fsp3) is 0.250. The van der Waals surface area contributed by atoms with Crippen LogP contribution in [0.15, 0.2) is 40.4 Å².